The van der Waals surface area contributed by atoms with Crippen molar-refractivity contribution in [3.63, 3.8) is 0 Å². The summed E-state index contributed by atoms with van der Waals surface area (Å²) in [5, 5.41) is 3.33. The van der Waals surface area contributed by atoms with Crippen molar-refractivity contribution in [2.75, 3.05) is 11.9 Å². The molecule has 0 aliphatic carbocycles. The number of hydrogen-bond donors (Lipinski definition) is 1. The summed E-state index contributed by atoms with van der Waals surface area (Å²) >= 11 is 5.86. The lowest BCUT2D eigenvalue weighted by molar-refractivity contribution is -0.119. The number of hydrogen-bond acceptors (Lipinski definition) is 3. The van der Waals surface area contributed by atoms with E-state index in [9.17, 15) is 13.2 Å². The summed E-state index contributed by atoms with van der Waals surface area (Å²) in [5.41, 5.74) is 1.89. The molecule has 1 N–H and O–H groups in total. The number of nitrogens with one attached hydrogen (secondary N) is 1. The van der Waals surface area contributed by atoms with Crippen LogP contribution in [0.2, 0.25) is 5.02 Å². The van der Waals surface area contributed by atoms with Crippen LogP contribution >= 0.6 is 11.6 Å². The molecule has 1 heterocycles. The van der Waals surface area contributed by atoms with Gasteiger partial charge < -0.3 is 5.32 Å². The SMILES string of the molecule is CC[C@H](C)c1ccc(NC(=O)[C@@H]2CCCN2S(=O)(=O)c2ccc(Cl)cc2)cc1. The third kappa shape index (κ3) is 4.40. The topological polar surface area (TPSA) is 66.5 Å². The van der Waals surface area contributed by atoms with Crippen molar-refractivity contribution >= 4 is 33.2 Å². The van der Waals surface area contributed by atoms with Crippen molar-refractivity contribution in [1.82, 2.24) is 4.31 Å². The van der Waals surface area contributed by atoms with Crippen LogP contribution in [0.5, 0.6) is 0 Å². The molecule has 3 rings (SSSR count). The van der Waals surface area contributed by atoms with Crippen molar-refractivity contribution in [3.8, 4) is 0 Å². The summed E-state index contributed by atoms with van der Waals surface area (Å²) in [6.07, 6.45) is 2.20. The molecule has 28 heavy (non-hydrogen) atoms. The maximum Gasteiger partial charge on any atom is 0.243 e. The molecule has 2 aromatic carbocycles. The lowest BCUT2D eigenvalue weighted by Crippen LogP contribution is -2.43. The first kappa shape index (κ1) is 20.8. The first-order valence-corrected chi connectivity index (χ1v) is 11.3. The Hall–Kier alpha value is -1.89. The highest BCUT2D eigenvalue weighted by Crippen LogP contribution is 2.28. The van der Waals surface area contributed by atoms with E-state index < -0.39 is 16.1 Å². The smallest absolute Gasteiger partial charge is 0.243 e. The van der Waals surface area contributed by atoms with Gasteiger partial charge >= 0.3 is 0 Å². The van der Waals surface area contributed by atoms with Gasteiger partial charge in [-0.05, 0) is 67.1 Å². The number of carbonyl (C=O) groups excluding carboxylic acids is 1. The molecular formula is C21H25ClN2O3S. The standard InChI is InChI=1S/C21H25ClN2O3S/c1-3-15(2)16-6-10-18(11-7-16)23-21(25)20-5-4-14-24(20)28(26,27)19-12-8-17(22)9-13-19/h6-13,15,20H,3-5,14H2,1-2H3,(H,23,25)/t15-,20-/m0/s1. The van der Waals surface area contributed by atoms with Crippen LogP contribution in [0.15, 0.2) is 53.4 Å². The Morgan fingerprint density at radius 2 is 1.82 bits per heavy atom. The normalized spacial score (nSPS) is 18.8. The third-order valence-electron chi connectivity index (χ3n) is 5.29. The second-order valence-electron chi connectivity index (χ2n) is 7.15. The molecule has 0 saturated carbocycles. The molecule has 2 atom stereocenters. The third-order valence-corrected chi connectivity index (χ3v) is 7.46. The van der Waals surface area contributed by atoms with Crippen LogP contribution in [0.4, 0.5) is 5.69 Å². The predicted molar refractivity (Wildman–Crippen MR) is 112 cm³/mol. The van der Waals surface area contributed by atoms with Crippen molar-refractivity contribution < 1.29 is 13.2 Å². The van der Waals surface area contributed by atoms with Crippen molar-refractivity contribution in [2.45, 2.75) is 50.0 Å². The Morgan fingerprint density at radius 3 is 2.43 bits per heavy atom. The van der Waals surface area contributed by atoms with Crippen LogP contribution in [0.1, 0.15) is 44.6 Å². The molecular weight excluding hydrogens is 396 g/mol. The fourth-order valence-corrected chi connectivity index (χ4v) is 5.17. The van der Waals surface area contributed by atoms with Gasteiger partial charge in [0.15, 0.2) is 0 Å². The van der Waals surface area contributed by atoms with Crippen LogP contribution in [0.25, 0.3) is 0 Å². The van der Waals surface area contributed by atoms with Gasteiger partial charge in [-0.25, -0.2) is 8.42 Å². The number of benzene rings is 2. The molecule has 7 heteroatoms. The highest BCUT2D eigenvalue weighted by atomic mass is 35.5. The fourth-order valence-electron chi connectivity index (χ4n) is 3.39. The molecule has 1 aliphatic rings. The minimum Gasteiger partial charge on any atom is -0.325 e. The second-order valence-corrected chi connectivity index (χ2v) is 9.48. The van der Waals surface area contributed by atoms with Gasteiger partial charge in [-0.3, -0.25) is 4.79 Å². The van der Waals surface area contributed by atoms with Gasteiger partial charge in [-0.1, -0.05) is 37.6 Å². The highest BCUT2D eigenvalue weighted by molar-refractivity contribution is 7.89. The first-order chi connectivity index (χ1) is 13.3. The molecule has 1 amide bonds. The Kier molecular flexibility index (Phi) is 6.43. The van der Waals surface area contributed by atoms with Crippen LogP contribution in [-0.2, 0) is 14.8 Å². The minimum atomic E-state index is -3.75. The molecule has 1 aliphatic heterocycles. The van der Waals surface area contributed by atoms with Crippen LogP contribution in [0, 0.1) is 0 Å². The van der Waals surface area contributed by atoms with E-state index in [4.69, 9.17) is 11.6 Å². The van der Waals surface area contributed by atoms with Crippen molar-refractivity contribution in [2.24, 2.45) is 0 Å². The molecule has 0 aromatic heterocycles. The van der Waals surface area contributed by atoms with Gasteiger partial charge in [0.25, 0.3) is 0 Å². The molecule has 1 saturated heterocycles. The predicted octanol–water partition coefficient (Wildman–Crippen LogP) is 4.65. The number of halogens is 1. The average molecular weight is 421 g/mol. The van der Waals surface area contributed by atoms with Gasteiger partial charge in [0, 0.05) is 17.3 Å². The second kappa shape index (κ2) is 8.64. The van der Waals surface area contributed by atoms with E-state index >= 15 is 0 Å². The molecule has 0 unspecified atom stereocenters. The zero-order chi connectivity index (χ0) is 20.3. The zero-order valence-corrected chi connectivity index (χ0v) is 17.6. The van der Waals surface area contributed by atoms with Crippen LogP contribution in [-0.4, -0.2) is 31.2 Å². The molecule has 1 fully saturated rings. The van der Waals surface area contributed by atoms with E-state index in [0.29, 0.717) is 36.0 Å². The number of carbonyl (C=O) groups is 1. The Bertz CT molecular complexity index is 927. The summed E-state index contributed by atoms with van der Waals surface area (Å²) in [4.78, 5) is 12.9. The van der Waals surface area contributed by atoms with E-state index in [-0.39, 0.29) is 10.8 Å². The van der Waals surface area contributed by atoms with Gasteiger partial charge in [-0.15, -0.1) is 0 Å². The first-order valence-electron chi connectivity index (χ1n) is 9.51. The molecule has 0 bridgehead atoms. The number of anilines is 1. The largest absolute Gasteiger partial charge is 0.325 e. The van der Waals surface area contributed by atoms with E-state index in [1.54, 1.807) is 12.1 Å². The molecule has 2 aromatic rings. The van der Waals surface area contributed by atoms with Gasteiger partial charge in [0.1, 0.15) is 6.04 Å². The number of amides is 1. The van der Waals surface area contributed by atoms with Crippen molar-refractivity contribution in [3.05, 3.63) is 59.1 Å². The Morgan fingerprint density at radius 1 is 1.18 bits per heavy atom. The summed E-state index contributed by atoms with van der Waals surface area (Å²) < 4.78 is 27.2. The molecule has 150 valence electrons. The Balaban J connectivity index is 1.75. The molecule has 5 nitrogen and oxygen atoms in total. The number of rotatable bonds is 6. The van der Waals surface area contributed by atoms with Gasteiger partial charge in [0.05, 0.1) is 4.90 Å². The monoisotopic (exact) mass is 420 g/mol. The average Bonchev–Trinajstić information content (AvgIpc) is 3.19. The van der Waals surface area contributed by atoms with Crippen LogP contribution < -0.4 is 5.32 Å². The highest BCUT2D eigenvalue weighted by Gasteiger charge is 2.39. The summed E-state index contributed by atoms with van der Waals surface area (Å²) in [6, 6.07) is 13.0. The zero-order valence-electron chi connectivity index (χ0n) is 16.1. The lowest BCUT2D eigenvalue weighted by atomic mass is 9.98. The van der Waals surface area contributed by atoms with Gasteiger partial charge in [0.2, 0.25) is 15.9 Å². The van der Waals surface area contributed by atoms with Gasteiger partial charge in [-0.2, -0.15) is 4.31 Å². The van der Waals surface area contributed by atoms with E-state index in [2.05, 4.69) is 19.2 Å². The number of sulfonamides is 1. The van der Waals surface area contributed by atoms with E-state index in [1.807, 2.05) is 24.3 Å². The number of nitrogens with zero attached hydrogens (tertiary/aromatic N) is 1. The van der Waals surface area contributed by atoms with Crippen LogP contribution in [0.3, 0.4) is 0 Å². The maximum absolute atomic E-state index is 13.0. The molecule has 0 radical (unpaired) electrons. The summed E-state index contributed by atoms with van der Waals surface area (Å²) in [6.45, 7) is 4.62. The quantitative estimate of drug-likeness (QED) is 0.739. The summed E-state index contributed by atoms with van der Waals surface area (Å²) in [5.74, 6) is 0.158. The minimum absolute atomic E-state index is 0.148. The maximum atomic E-state index is 13.0. The lowest BCUT2D eigenvalue weighted by Gasteiger charge is -2.23. The van der Waals surface area contributed by atoms with E-state index in [1.165, 1.54) is 22.0 Å². The van der Waals surface area contributed by atoms with Crippen molar-refractivity contribution in [1.29, 1.82) is 0 Å². The van der Waals surface area contributed by atoms with E-state index in [0.717, 1.165) is 6.42 Å². The molecule has 0 spiro atoms. The summed E-state index contributed by atoms with van der Waals surface area (Å²) in [7, 11) is -3.75. The Labute approximate surface area is 171 Å². The fraction of sp³-hybridized carbons (Fsp3) is 0.381.